The van der Waals surface area contributed by atoms with Gasteiger partial charge in [0.25, 0.3) is 0 Å². The molecule has 0 aliphatic carbocycles. The summed E-state index contributed by atoms with van der Waals surface area (Å²) in [6.45, 7) is 1.23. The van der Waals surface area contributed by atoms with Gasteiger partial charge in [0.1, 0.15) is 0 Å². The van der Waals surface area contributed by atoms with E-state index in [1.54, 1.807) is 0 Å². The summed E-state index contributed by atoms with van der Waals surface area (Å²) in [5.41, 5.74) is 0.278. The summed E-state index contributed by atoms with van der Waals surface area (Å²) in [7, 11) is 1.47. The zero-order chi connectivity index (χ0) is 16.0. The van der Waals surface area contributed by atoms with Gasteiger partial charge in [-0.25, -0.2) is 9.59 Å². The number of benzene rings is 1. The lowest BCUT2D eigenvalue weighted by atomic mass is 10.1. The molecule has 8 heteroatoms. The van der Waals surface area contributed by atoms with Gasteiger partial charge in [-0.15, -0.1) is 0 Å². The van der Waals surface area contributed by atoms with Crippen molar-refractivity contribution < 1.29 is 24.6 Å². The number of carboxylic acids is 1. The van der Waals surface area contributed by atoms with Crippen molar-refractivity contribution in [2.75, 3.05) is 30.8 Å². The van der Waals surface area contributed by atoms with Gasteiger partial charge in [0, 0.05) is 26.2 Å². The van der Waals surface area contributed by atoms with E-state index in [0.29, 0.717) is 5.69 Å². The van der Waals surface area contributed by atoms with Gasteiger partial charge in [-0.3, -0.25) is 4.79 Å². The average molecular weight is 295 g/mol. The van der Waals surface area contributed by atoms with Crippen molar-refractivity contribution in [2.24, 2.45) is 0 Å². The van der Waals surface area contributed by atoms with Crippen molar-refractivity contribution in [2.45, 2.75) is 6.92 Å². The van der Waals surface area contributed by atoms with Crippen LogP contribution in [-0.2, 0) is 4.79 Å². The molecule has 8 nitrogen and oxygen atoms in total. The van der Waals surface area contributed by atoms with E-state index in [4.69, 9.17) is 10.2 Å². The summed E-state index contributed by atoms with van der Waals surface area (Å²) in [6.07, 6.45) is 0. The van der Waals surface area contributed by atoms with Gasteiger partial charge in [-0.2, -0.15) is 0 Å². The highest BCUT2D eigenvalue weighted by Crippen LogP contribution is 2.21. The van der Waals surface area contributed by atoms with Crippen molar-refractivity contribution in [3.05, 3.63) is 23.8 Å². The topological polar surface area (TPSA) is 119 Å². The van der Waals surface area contributed by atoms with Crippen LogP contribution in [0.3, 0.4) is 0 Å². The number of amides is 3. The summed E-state index contributed by atoms with van der Waals surface area (Å²) in [6, 6.07) is 3.58. The van der Waals surface area contributed by atoms with Crippen LogP contribution in [0.1, 0.15) is 17.3 Å². The van der Waals surface area contributed by atoms with Crippen molar-refractivity contribution in [3.63, 3.8) is 0 Å². The van der Waals surface area contributed by atoms with E-state index >= 15 is 0 Å². The van der Waals surface area contributed by atoms with Gasteiger partial charge in [0.2, 0.25) is 5.91 Å². The lowest BCUT2D eigenvalue weighted by molar-refractivity contribution is -0.114. The number of rotatable bonds is 5. The second-order valence-electron chi connectivity index (χ2n) is 4.32. The lowest BCUT2D eigenvalue weighted by Gasteiger charge is -2.18. The number of anilines is 2. The number of hydrogen-bond donors (Lipinski definition) is 4. The number of likely N-dealkylation sites (N-methyl/N-ethyl adjacent to an activating group) is 1. The van der Waals surface area contributed by atoms with Crippen LogP contribution in [0.5, 0.6) is 0 Å². The van der Waals surface area contributed by atoms with Crippen molar-refractivity contribution in [1.82, 2.24) is 4.90 Å². The van der Waals surface area contributed by atoms with E-state index in [0.717, 1.165) is 0 Å². The molecule has 1 aromatic carbocycles. The number of aliphatic hydroxyl groups excluding tert-OH is 1. The van der Waals surface area contributed by atoms with E-state index in [1.165, 1.54) is 37.1 Å². The molecule has 1 aromatic rings. The molecule has 0 bridgehead atoms. The number of carbonyl (C=O) groups excluding carboxylic acids is 2. The molecule has 0 atom stereocenters. The van der Waals surface area contributed by atoms with E-state index in [2.05, 4.69) is 10.6 Å². The zero-order valence-corrected chi connectivity index (χ0v) is 11.7. The number of urea groups is 1. The molecular weight excluding hydrogens is 278 g/mol. The molecule has 0 aromatic heterocycles. The third-order valence-electron chi connectivity index (χ3n) is 2.59. The Kier molecular flexibility index (Phi) is 5.67. The molecule has 0 radical (unpaired) electrons. The monoisotopic (exact) mass is 295 g/mol. The lowest BCUT2D eigenvalue weighted by Crippen LogP contribution is -2.33. The van der Waals surface area contributed by atoms with Crippen LogP contribution >= 0.6 is 0 Å². The minimum absolute atomic E-state index is 0.103. The van der Waals surface area contributed by atoms with E-state index in [-0.39, 0.29) is 30.3 Å². The summed E-state index contributed by atoms with van der Waals surface area (Å²) < 4.78 is 0. The van der Waals surface area contributed by atoms with Gasteiger partial charge >= 0.3 is 12.0 Å². The molecule has 3 amide bonds. The Balaban J connectivity index is 2.99. The Morgan fingerprint density at radius 3 is 2.43 bits per heavy atom. The maximum Gasteiger partial charge on any atom is 0.337 e. The number of nitrogens with zero attached hydrogens (tertiary/aromatic N) is 1. The third-order valence-corrected chi connectivity index (χ3v) is 2.59. The van der Waals surface area contributed by atoms with Gasteiger partial charge < -0.3 is 25.7 Å². The van der Waals surface area contributed by atoms with Crippen LogP contribution in [0.25, 0.3) is 0 Å². The minimum atomic E-state index is -1.23. The fraction of sp³-hybridized carbons (Fsp3) is 0.308. The number of carbonyl (C=O) groups is 3. The second-order valence-corrected chi connectivity index (χ2v) is 4.32. The minimum Gasteiger partial charge on any atom is -0.478 e. The SMILES string of the molecule is CC(=O)Nc1ccc(NC(=O)N(C)CCO)c(C(=O)O)c1. The number of nitrogens with one attached hydrogen (secondary N) is 2. The Morgan fingerprint density at radius 2 is 1.90 bits per heavy atom. The predicted molar refractivity (Wildman–Crippen MR) is 76.4 cm³/mol. The van der Waals surface area contributed by atoms with Crippen LogP contribution < -0.4 is 10.6 Å². The van der Waals surface area contributed by atoms with Crippen LogP contribution in [0.2, 0.25) is 0 Å². The van der Waals surface area contributed by atoms with Gasteiger partial charge in [-0.05, 0) is 18.2 Å². The van der Waals surface area contributed by atoms with Crippen LogP contribution in [0, 0.1) is 0 Å². The van der Waals surface area contributed by atoms with Crippen molar-refractivity contribution in [3.8, 4) is 0 Å². The molecule has 0 aliphatic heterocycles. The summed E-state index contributed by atoms with van der Waals surface area (Å²) in [5.74, 6) is -1.56. The fourth-order valence-corrected chi connectivity index (χ4v) is 1.57. The van der Waals surface area contributed by atoms with Crippen LogP contribution in [-0.4, -0.2) is 53.2 Å². The van der Waals surface area contributed by atoms with Gasteiger partial charge in [0.15, 0.2) is 0 Å². The maximum atomic E-state index is 11.8. The largest absolute Gasteiger partial charge is 0.478 e. The normalized spacial score (nSPS) is 9.86. The van der Waals surface area contributed by atoms with Crippen LogP contribution in [0.15, 0.2) is 18.2 Å². The van der Waals surface area contributed by atoms with E-state index in [1.807, 2.05) is 0 Å². The molecule has 114 valence electrons. The summed E-state index contributed by atoms with van der Waals surface area (Å²) in [4.78, 5) is 35.2. The average Bonchev–Trinajstić information content (AvgIpc) is 2.39. The molecule has 0 heterocycles. The first-order valence-electron chi connectivity index (χ1n) is 6.13. The second kappa shape index (κ2) is 7.25. The molecule has 21 heavy (non-hydrogen) atoms. The number of aliphatic hydroxyl groups is 1. The first-order valence-corrected chi connectivity index (χ1v) is 6.13. The first-order chi connectivity index (χ1) is 9.85. The van der Waals surface area contributed by atoms with Gasteiger partial charge in [0.05, 0.1) is 17.9 Å². The Labute approximate surface area is 121 Å². The summed E-state index contributed by atoms with van der Waals surface area (Å²) in [5, 5.41) is 22.8. The molecule has 0 spiro atoms. The van der Waals surface area contributed by atoms with E-state index in [9.17, 15) is 14.4 Å². The number of hydrogen-bond acceptors (Lipinski definition) is 4. The first kappa shape index (κ1) is 16.4. The third kappa shape index (κ3) is 4.77. The molecule has 0 saturated carbocycles. The Bertz CT molecular complexity index is 559. The van der Waals surface area contributed by atoms with Crippen LogP contribution in [0.4, 0.5) is 16.2 Å². The quantitative estimate of drug-likeness (QED) is 0.640. The molecule has 1 rings (SSSR count). The number of carboxylic acid groups (broad SMARTS) is 1. The predicted octanol–water partition coefficient (Wildman–Crippen LogP) is 0.799. The van der Waals surface area contributed by atoms with Crippen molar-refractivity contribution in [1.29, 1.82) is 0 Å². The molecule has 0 saturated heterocycles. The fourth-order valence-electron chi connectivity index (χ4n) is 1.57. The maximum absolute atomic E-state index is 11.8. The Morgan fingerprint density at radius 1 is 1.24 bits per heavy atom. The highest BCUT2D eigenvalue weighted by Gasteiger charge is 2.15. The molecule has 0 aliphatic rings. The van der Waals surface area contributed by atoms with Crippen molar-refractivity contribution >= 4 is 29.3 Å². The van der Waals surface area contributed by atoms with E-state index < -0.39 is 12.0 Å². The highest BCUT2D eigenvalue weighted by atomic mass is 16.4. The smallest absolute Gasteiger partial charge is 0.337 e. The summed E-state index contributed by atoms with van der Waals surface area (Å²) >= 11 is 0. The molecular formula is C13H17N3O5. The zero-order valence-electron chi connectivity index (χ0n) is 11.7. The molecule has 0 unspecified atom stereocenters. The molecule has 4 N–H and O–H groups in total. The molecule has 0 fully saturated rings. The highest BCUT2D eigenvalue weighted by molar-refractivity contribution is 6.01. The van der Waals surface area contributed by atoms with Gasteiger partial charge in [-0.1, -0.05) is 0 Å². The number of aromatic carboxylic acids is 1. The Hall–Kier alpha value is -2.61. The standard InChI is InChI=1S/C13H17N3O5/c1-8(18)14-9-3-4-11(10(7-9)12(19)20)15-13(21)16(2)5-6-17/h3-4,7,17H,5-6H2,1-2H3,(H,14,18)(H,15,21)(H,19,20).